The third kappa shape index (κ3) is 4.35. The number of nitrogens with zero attached hydrogens (tertiary/aromatic N) is 1. The fraction of sp³-hybridized carbons (Fsp3) is 0.389. The van der Waals surface area contributed by atoms with E-state index < -0.39 is 45.8 Å². The minimum atomic E-state index is -4.87. The summed E-state index contributed by atoms with van der Waals surface area (Å²) in [6, 6.07) is 2.81. The number of aryl methyl sites for hydroxylation is 1. The van der Waals surface area contributed by atoms with Gasteiger partial charge in [0, 0.05) is 17.2 Å². The van der Waals surface area contributed by atoms with Crippen LogP contribution in [0.15, 0.2) is 23.0 Å². The van der Waals surface area contributed by atoms with Crippen LogP contribution < -0.4 is 11.3 Å². The highest BCUT2D eigenvalue weighted by molar-refractivity contribution is 5.80. The van der Waals surface area contributed by atoms with Gasteiger partial charge in [-0.15, -0.1) is 0 Å². The average molecular weight is 385 g/mol. The largest absolute Gasteiger partial charge is 0.417 e. The summed E-state index contributed by atoms with van der Waals surface area (Å²) in [5.74, 6) is -2.43. The Morgan fingerprint density at radius 3 is 2.41 bits per heavy atom. The first-order chi connectivity index (χ1) is 12.4. The number of carbonyl (C=O) groups is 1. The number of primary amides is 1. The van der Waals surface area contributed by atoms with E-state index in [-0.39, 0.29) is 24.1 Å². The van der Waals surface area contributed by atoms with E-state index in [9.17, 15) is 22.8 Å². The molecule has 0 saturated heterocycles. The van der Waals surface area contributed by atoms with E-state index in [2.05, 4.69) is 9.97 Å². The minimum absolute atomic E-state index is 0.133. The Kier molecular flexibility index (Phi) is 5.44. The molecule has 2 rings (SSSR count). The van der Waals surface area contributed by atoms with Gasteiger partial charge >= 0.3 is 6.18 Å². The molecule has 1 aromatic heterocycles. The van der Waals surface area contributed by atoms with Crippen molar-refractivity contribution in [3.05, 3.63) is 51.2 Å². The van der Waals surface area contributed by atoms with Gasteiger partial charge in [0.2, 0.25) is 5.91 Å². The monoisotopic (exact) mass is 385 g/mol. The van der Waals surface area contributed by atoms with Gasteiger partial charge in [-0.05, 0) is 24.5 Å². The number of nitrogens with one attached hydrogen (secondary N) is 1. The molecule has 9 heteroatoms. The number of halogens is 4. The van der Waals surface area contributed by atoms with Crippen molar-refractivity contribution in [2.75, 3.05) is 0 Å². The predicted molar refractivity (Wildman–Crippen MR) is 91.3 cm³/mol. The molecule has 0 radical (unpaired) electrons. The SMILES string of the molecule is CCc1cc(=O)[nH]c(-c2c(C(F)(F)F)ccc(CC(C)(C)C(N)=O)c2F)n1. The minimum Gasteiger partial charge on any atom is -0.369 e. The lowest BCUT2D eigenvalue weighted by Crippen LogP contribution is -2.33. The van der Waals surface area contributed by atoms with E-state index in [0.29, 0.717) is 6.07 Å². The van der Waals surface area contributed by atoms with Crippen molar-refractivity contribution >= 4 is 5.91 Å². The fourth-order valence-electron chi connectivity index (χ4n) is 2.59. The molecular formula is C18H19F4N3O2. The van der Waals surface area contributed by atoms with E-state index in [1.165, 1.54) is 13.8 Å². The number of aromatic amines is 1. The van der Waals surface area contributed by atoms with Crippen molar-refractivity contribution < 1.29 is 22.4 Å². The Bertz CT molecular complexity index is 933. The number of nitrogens with two attached hydrogens (primary N) is 1. The summed E-state index contributed by atoms with van der Waals surface area (Å²) in [7, 11) is 0. The van der Waals surface area contributed by atoms with Crippen LogP contribution in [0.5, 0.6) is 0 Å². The van der Waals surface area contributed by atoms with Crippen molar-refractivity contribution in [1.29, 1.82) is 0 Å². The second-order valence-corrected chi connectivity index (χ2v) is 6.82. The van der Waals surface area contributed by atoms with Crippen LogP contribution in [0.4, 0.5) is 17.6 Å². The fourth-order valence-corrected chi connectivity index (χ4v) is 2.59. The molecule has 0 fully saturated rings. The lowest BCUT2D eigenvalue weighted by molar-refractivity contribution is -0.137. The first kappa shape index (κ1) is 20.6. The Hall–Kier alpha value is -2.71. The normalized spacial score (nSPS) is 12.3. The van der Waals surface area contributed by atoms with Crippen LogP contribution in [0.1, 0.15) is 37.6 Å². The van der Waals surface area contributed by atoms with Crippen LogP contribution in [-0.2, 0) is 23.8 Å². The van der Waals surface area contributed by atoms with Gasteiger partial charge in [-0.1, -0.05) is 26.8 Å². The zero-order valence-corrected chi connectivity index (χ0v) is 15.0. The average Bonchev–Trinajstić information content (AvgIpc) is 2.54. The lowest BCUT2D eigenvalue weighted by Gasteiger charge is -2.22. The van der Waals surface area contributed by atoms with Gasteiger partial charge < -0.3 is 10.7 Å². The molecule has 1 amide bonds. The van der Waals surface area contributed by atoms with Gasteiger partial charge in [0.15, 0.2) is 0 Å². The molecule has 3 N–H and O–H groups in total. The maximum absolute atomic E-state index is 15.1. The number of aromatic nitrogens is 2. The van der Waals surface area contributed by atoms with Gasteiger partial charge in [-0.3, -0.25) is 9.59 Å². The smallest absolute Gasteiger partial charge is 0.369 e. The van der Waals surface area contributed by atoms with Gasteiger partial charge in [0.1, 0.15) is 11.6 Å². The molecule has 0 aliphatic rings. The molecule has 0 saturated carbocycles. The summed E-state index contributed by atoms with van der Waals surface area (Å²) < 4.78 is 55.4. The first-order valence-electron chi connectivity index (χ1n) is 8.16. The molecule has 2 aromatic rings. The summed E-state index contributed by atoms with van der Waals surface area (Å²) in [4.78, 5) is 29.4. The molecule has 1 heterocycles. The molecule has 0 aliphatic carbocycles. The number of benzene rings is 1. The number of alkyl halides is 3. The molecule has 5 nitrogen and oxygen atoms in total. The van der Waals surface area contributed by atoms with Crippen LogP contribution in [0.3, 0.4) is 0 Å². The van der Waals surface area contributed by atoms with Crippen LogP contribution in [0.25, 0.3) is 11.4 Å². The number of hydrogen-bond acceptors (Lipinski definition) is 3. The maximum Gasteiger partial charge on any atom is 0.417 e. The highest BCUT2D eigenvalue weighted by Crippen LogP contribution is 2.39. The van der Waals surface area contributed by atoms with Crippen molar-refractivity contribution in [2.24, 2.45) is 11.1 Å². The summed E-state index contributed by atoms with van der Waals surface area (Å²) in [5.41, 5.74) is 1.38. The highest BCUT2D eigenvalue weighted by atomic mass is 19.4. The maximum atomic E-state index is 15.1. The third-order valence-corrected chi connectivity index (χ3v) is 4.22. The van der Waals surface area contributed by atoms with Gasteiger partial charge in [-0.25, -0.2) is 9.37 Å². The number of hydrogen-bond donors (Lipinski definition) is 2. The molecule has 146 valence electrons. The molecule has 0 atom stereocenters. The van der Waals surface area contributed by atoms with Crippen LogP contribution in [0, 0.1) is 11.2 Å². The zero-order valence-electron chi connectivity index (χ0n) is 15.0. The topological polar surface area (TPSA) is 88.8 Å². The third-order valence-electron chi connectivity index (χ3n) is 4.22. The Morgan fingerprint density at radius 1 is 1.26 bits per heavy atom. The Labute approximate surface area is 152 Å². The van der Waals surface area contributed by atoms with E-state index in [1.54, 1.807) is 6.92 Å². The molecule has 0 spiro atoms. The van der Waals surface area contributed by atoms with Crippen LogP contribution in [-0.4, -0.2) is 15.9 Å². The standard InChI is InChI=1S/C18H19F4N3O2/c1-4-10-7-12(26)25-15(24-10)13-11(18(20,21)22)6-5-9(14(13)19)8-17(2,3)16(23)27/h5-7H,4,8H2,1-3H3,(H2,23,27)(H,24,25,26). The zero-order chi connectivity index (χ0) is 20.6. The van der Waals surface area contributed by atoms with Crippen molar-refractivity contribution in [2.45, 2.75) is 39.8 Å². The molecule has 1 aromatic carbocycles. The van der Waals surface area contributed by atoms with Crippen LogP contribution in [0.2, 0.25) is 0 Å². The summed E-state index contributed by atoms with van der Waals surface area (Å²) in [6.45, 7) is 4.59. The number of carbonyl (C=O) groups excluding carboxylic acids is 1. The van der Waals surface area contributed by atoms with E-state index in [1.807, 2.05) is 0 Å². The summed E-state index contributed by atoms with van der Waals surface area (Å²) >= 11 is 0. The van der Waals surface area contributed by atoms with Gasteiger partial charge in [0.25, 0.3) is 5.56 Å². The molecule has 0 aliphatic heterocycles. The van der Waals surface area contributed by atoms with Crippen molar-refractivity contribution in [1.82, 2.24) is 9.97 Å². The highest BCUT2D eigenvalue weighted by Gasteiger charge is 2.37. The second-order valence-electron chi connectivity index (χ2n) is 6.82. The second kappa shape index (κ2) is 7.13. The van der Waals surface area contributed by atoms with Crippen LogP contribution >= 0.6 is 0 Å². The molecule has 27 heavy (non-hydrogen) atoms. The number of H-pyrrole nitrogens is 1. The Morgan fingerprint density at radius 2 is 1.89 bits per heavy atom. The van der Waals surface area contributed by atoms with E-state index >= 15 is 4.39 Å². The number of amides is 1. The van der Waals surface area contributed by atoms with Crippen molar-refractivity contribution in [3.63, 3.8) is 0 Å². The lowest BCUT2D eigenvalue weighted by atomic mass is 9.84. The summed E-state index contributed by atoms with van der Waals surface area (Å²) in [6.07, 6.45) is -4.79. The van der Waals surface area contributed by atoms with Gasteiger partial charge in [-0.2, -0.15) is 13.2 Å². The van der Waals surface area contributed by atoms with Crippen molar-refractivity contribution in [3.8, 4) is 11.4 Å². The first-order valence-corrected chi connectivity index (χ1v) is 8.16. The summed E-state index contributed by atoms with van der Waals surface area (Å²) in [5, 5.41) is 0. The number of rotatable bonds is 5. The predicted octanol–water partition coefficient (Wildman–Crippen LogP) is 3.21. The molecule has 0 bridgehead atoms. The molecular weight excluding hydrogens is 366 g/mol. The van der Waals surface area contributed by atoms with E-state index in [0.717, 1.165) is 12.1 Å². The van der Waals surface area contributed by atoms with Gasteiger partial charge in [0.05, 0.1) is 11.1 Å². The quantitative estimate of drug-likeness (QED) is 0.775. The molecule has 0 unspecified atom stereocenters. The Balaban J connectivity index is 2.77. The van der Waals surface area contributed by atoms with E-state index in [4.69, 9.17) is 5.73 Å².